The summed E-state index contributed by atoms with van der Waals surface area (Å²) in [7, 11) is 1.71. The highest BCUT2D eigenvalue weighted by atomic mass is 16.5. The predicted octanol–water partition coefficient (Wildman–Crippen LogP) is 2.42. The largest absolute Gasteiger partial charge is 0.383 e. The minimum atomic E-state index is 0.240. The van der Waals surface area contributed by atoms with Crippen molar-refractivity contribution >= 4 is 11.6 Å². The number of methoxy groups -OCH3 is 1. The van der Waals surface area contributed by atoms with Gasteiger partial charge in [0.1, 0.15) is 17.5 Å². The average molecular weight is 281 g/mol. The Morgan fingerprint density at radius 3 is 2.40 bits per heavy atom. The van der Waals surface area contributed by atoms with E-state index in [1.807, 2.05) is 6.92 Å². The van der Waals surface area contributed by atoms with Gasteiger partial charge >= 0.3 is 0 Å². The normalized spacial score (nSPS) is 12.6. The molecule has 0 spiro atoms. The van der Waals surface area contributed by atoms with Crippen LogP contribution >= 0.6 is 0 Å². The predicted molar refractivity (Wildman–Crippen MR) is 82.9 cm³/mol. The number of nitrogens with two attached hydrogens (primary N) is 1. The van der Waals surface area contributed by atoms with E-state index in [1.54, 1.807) is 7.11 Å². The van der Waals surface area contributed by atoms with Gasteiger partial charge in [0.25, 0.3) is 0 Å². The number of nitrogens with one attached hydrogen (secondary N) is 2. The van der Waals surface area contributed by atoms with Crippen molar-refractivity contribution in [2.75, 3.05) is 24.5 Å². The molecule has 0 aromatic carbocycles. The maximum atomic E-state index is 5.54. The lowest BCUT2D eigenvalue weighted by Gasteiger charge is -2.21. The van der Waals surface area contributed by atoms with Crippen LogP contribution in [-0.2, 0) is 4.74 Å². The lowest BCUT2D eigenvalue weighted by molar-refractivity contribution is 0.182. The Balaban J connectivity index is 3.05. The van der Waals surface area contributed by atoms with Gasteiger partial charge in [0, 0.05) is 18.6 Å². The summed E-state index contributed by atoms with van der Waals surface area (Å²) in [6.45, 7) is 8.89. The fraction of sp³-hybridized carbons (Fsp3) is 0.714. The number of anilines is 2. The van der Waals surface area contributed by atoms with Gasteiger partial charge in [-0.2, -0.15) is 0 Å². The Labute approximate surface area is 121 Å². The summed E-state index contributed by atoms with van der Waals surface area (Å²) in [6.07, 6.45) is 2.11. The number of aromatic nitrogens is 2. The molecule has 0 aliphatic rings. The molecule has 0 amide bonds. The standard InChI is InChI=1S/C14H27N5O/c1-6-7-11(8-20-5)16-13-10(4)14(19-15)18-12(17-13)9(2)3/h9,11H,6-8,15H2,1-5H3,(H2,16,17,18,19). The van der Waals surface area contributed by atoms with Gasteiger partial charge < -0.3 is 15.5 Å². The summed E-state index contributed by atoms with van der Waals surface area (Å²) < 4.78 is 5.26. The number of ether oxygens (including phenoxy) is 1. The molecule has 114 valence electrons. The van der Waals surface area contributed by atoms with Crippen LogP contribution in [0.3, 0.4) is 0 Å². The highest BCUT2D eigenvalue weighted by molar-refractivity contribution is 5.57. The number of hydrogen-bond donors (Lipinski definition) is 3. The molecule has 0 saturated heterocycles. The fourth-order valence-electron chi connectivity index (χ4n) is 2.01. The van der Waals surface area contributed by atoms with Crippen molar-refractivity contribution in [2.45, 2.75) is 52.5 Å². The Kier molecular flexibility index (Phi) is 6.67. The first kappa shape index (κ1) is 16.7. The third-order valence-corrected chi connectivity index (χ3v) is 3.16. The van der Waals surface area contributed by atoms with Crippen molar-refractivity contribution in [1.82, 2.24) is 9.97 Å². The van der Waals surface area contributed by atoms with Crippen molar-refractivity contribution in [3.05, 3.63) is 11.4 Å². The maximum absolute atomic E-state index is 5.54. The molecule has 6 heteroatoms. The topological polar surface area (TPSA) is 85.1 Å². The van der Waals surface area contributed by atoms with Crippen molar-refractivity contribution < 1.29 is 4.74 Å². The Bertz CT molecular complexity index is 416. The van der Waals surface area contributed by atoms with Gasteiger partial charge in [0.15, 0.2) is 0 Å². The van der Waals surface area contributed by atoms with E-state index in [-0.39, 0.29) is 12.0 Å². The lowest BCUT2D eigenvalue weighted by atomic mass is 10.1. The van der Waals surface area contributed by atoms with E-state index in [4.69, 9.17) is 10.6 Å². The summed E-state index contributed by atoms with van der Waals surface area (Å²) in [5, 5.41) is 3.45. The number of nitrogen functional groups attached to an aromatic ring is 1. The zero-order valence-electron chi connectivity index (χ0n) is 13.2. The zero-order valence-corrected chi connectivity index (χ0v) is 13.2. The van der Waals surface area contributed by atoms with Crippen molar-refractivity contribution in [1.29, 1.82) is 0 Å². The monoisotopic (exact) mass is 281 g/mol. The molecule has 1 aromatic rings. The summed E-state index contributed by atoms with van der Waals surface area (Å²) in [4.78, 5) is 9.04. The van der Waals surface area contributed by atoms with Crippen LogP contribution in [0.25, 0.3) is 0 Å². The average Bonchev–Trinajstić information content (AvgIpc) is 2.41. The fourth-order valence-corrected chi connectivity index (χ4v) is 2.01. The van der Waals surface area contributed by atoms with Crippen molar-refractivity contribution in [2.24, 2.45) is 5.84 Å². The van der Waals surface area contributed by atoms with E-state index in [0.29, 0.717) is 12.4 Å². The van der Waals surface area contributed by atoms with Crippen LogP contribution in [-0.4, -0.2) is 29.7 Å². The molecule has 1 atom stereocenters. The number of nitrogens with zero attached hydrogens (tertiary/aromatic N) is 2. The van der Waals surface area contributed by atoms with Crippen LogP contribution in [0, 0.1) is 6.92 Å². The third kappa shape index (κ3) is 4.31. The minimum absolute atomic E-state index is 0.240. The molecule has 1 aromatic heterocycles. The molecule has 0 aliphatic carbocycles. The zero-order chi connectivity index (χ0) is 15.1. The van der Waals surface area contributed by atoms with E-state index >= 15 is 0 Å². The molecule has 4 N–H and O–H groups in total. The van der Waals surface area contributed by atoms with E-state index in [2.05, 4.69) is 41.5 Å². The molecule has 6 nitrogen and oxygen atoms in total. The highest BCUT2D eigenvalue weighted by Crippen LogP contribution is 2.23. The third-order valence-electron chi connectivity index (χ3n) is 3.16. The van der Waals surface area contributed by atoms with Crippen LogP contribution in [0.15, 0.2) is 0 Å². The summed E-state index contributed by atoms with van der Waals surface area (Å²) >= 11 is 0. The lowest BCUT2D eigenvalue weighted by Crippen LogP contribution is -2.26. The molecule has 0 saturated carbocycles. The quantitative estimate of drug-likeness (QED) is 0.501. The SMILES string of the molecule is CCCC(COC)Nc1nc(C(C)C)nc(NN)c1C. The smallest absolute Gasteiger partial charge is 0.148 e. The minimum Gasteiger partial charge on any atom is -0.383 e. The van der Waals surface area contributed by atoms with E-state index < -0.39 is 0 Å². The molecular weight excluding hydrogens is 254 g/mol. The molecule has 0 aliphatic heterocycles. The number of rotatable bonds is 8. The molecule has 20 heavy (non-hydrogen) atoms. The Morgan fingerprint density at radius 2 is 1.90 bits per heavy atom. The molecule has 0 radical (unpaired) electrons. The van der Waals surface area contributed by atoms with Crippen LogP contribution < -0.4 is 16.6 Å². The first-order chi connectivity index (χ1) is 9.53. The van der Waals surface area contributed by atoms with E-state index in [1.165, 1.54) is 0 Å². The van der Waals surface area contributed by atoms with E-state index in [9.17, 15) is 0 Å². The second-order valence-corrected chi connectivity index (χ2v) is 5.29. The van der Waals surface area contributed by atoms with Gasteiger partial charge in [-0.3, -0.25) is 0 Å². The van der Waals surface area contributed by atoms with Crippen molar-refractivity contribution in [3.63, 3.8) is 0 Å². The molecular formula is C14H27N5O. The van der Waals surface area contributed by atoms with Gasteiger partial charge in [-0.15, -0.1) is 0 Å². The van der Waals surface area contributed by atoms with E-state index in [0.717, 1.165) is 30.0 Å². The molecule has 0 bridgehead atoms. The number of hydrogen-bond acceptors (Lipinski definition) is 6. The Morgan fingerprint density at radius 1 is 1.25 bits per heavy atom. The van der Waals surface area contributed by atoms with Crippen LogP contribution in [0.1, 0.15) is 50.9 Å². The molecule has 1 rings (SSSR count). The first-order valence-corrected chi connectivity index (χ1v) is 7.14. The second kappa shape index (κ2) is 8.01. The van der Waals surface area contributed by atoms with Gasteiger partial charge in [-0.1, -0.05) is 27.2 Å². The van der Waals surface area contributed by atoms with Crippen molar-refractivity contribution in [3.8, 4) is 0 Å². The summed E-state index contributed by atoms with van der Waals surface area (Å²) in [5.41, 5.74) is 3.57. The first-order valence-electron chi connectivity index (χ1n) is 7.14. The summed E-state index contributed by atoms with van der Waals surface area (Å²) in [6, 6.07) is 0.240. The van der Waals surface area contributed by atoms with Gasteiger partial charge in [0.05, 0.1) is 12.6 Å². The molecule has 0 fully saturated rings. The molecule has 1 heterocycles. The Hall–Kier alpha value is -1.40. The maximum Gasteiger partial charge on any atom is 0.148 e. The highest BCUT2D eigenvalue weighted by Gasteiger charge is 2.15. The van der Waals surface area contributed by atoms with Gasteiger partial charge in [-0.25, -0.2) is 15.8 Å². The van der Waals surface area contributed by atoms with Gasteiger partial charge in [0.2, 0.25) is 0 Å². The van der Waals surface area contributed by atoms with Crippen LogP contribution in [0.4, 0.5) is 11.6 Å². The number of hydrazine groups is 1. The van der Waals surface area contributed by atoms with Crippen LogP contribution in [0.2, 0.25) is 0 Å². The van der Waals surface area contributed by atoms with Crippen LogP contribution in [0.5, 0.6) is 0 Å². The summed E-state index contributed by atoms with van der Waals surface area (Å²) in [5.74, 6) is 8.06. The second-order valence-electron chi connectivity index (χ2n) is 5.29. The van der Waals surface area contributed by atoms with Gasteiger partial charge in [-0.05, 0) is 13.3 Å². The molecule has 1 unspecified atom stereocenters.